The summed E-state index contributed by atoms with van der Waals surface area (Å²) in [6.07, 6.45) is -0.351. The van der Waals surface area contributed by atoms with Crippen molar-refractivity contribution >= 4 is 11.6 Å². The van der Waals surface area contributed by atoms with E-state index in [1.54, 1.807) is 18.2 Å². The maximum atomic E-state index is 12.8. The van der Waals surface area contributed by atoms with Gasteiger partial charge in [0.15, 0.2) is 11.6 Å². The maximum absolute atomic E-state index is 12.8. The number of benzene rings is 1. The van der Waals surface area contributed by atoms with Gasteiger partial charge in [-0.05, 0) is 13.0 Å². The molecule has 4 nitrogen and oxygen atoms in total. The van der Waals surface area contributed by atoms with E-state index in [1.165, 1.54) is 7.11 Å². The van der Waals surface area contributed by atoms with Gasteiger partial charge in [0.25, 0.3) is 0 Å². The molecule has 3 rings (SSSR count). The fourth-order valence-corrected chi connectivity index (χ4v) is 3.00. The molecule has 0 N–H and O–H groups in total. The Kier molecular flexibility index (Phi) is 2.98. The smallest absolute Gasteiger partial charge is 0.196 e. The van der Waals surface area contributed by atoms with Gasteiger partial charge in [0.2, 0.25) is 0 Å². The van der Waals surface area contributed by atoms with E-state index < -0.39 is 0 Å². The summed E-state index contributed by atoms with van der Waals surface area (Å²) >= 11 is 0. The number of Topliss-reactive ketones (excluding diaryl/α,β-unsaturated/α-hetero) is 2. The lowest BCUT2D eigenvalue weighted by atomic mass is 9.76. The van der Waals surface area contributed by atoms with Crippen molar-refractivity contribution in [2.45, 2.75) is 20.0 Å². The average molecular weight is 272 g/mol. The predicted molar refractivity (Wildman–Crippen MR) is 73.3 cm³/mol. The van der Waals surface area contributed by atoms with E-state index in [-0.39, 0.29) is 23.6 Å². The Morgan fingerprint density at radius 1 is 1.15 bits per heavy atom. The normalized spacial score (nSPS) is 25.4. The maximum Gasteiger partial charge on any atom is 0.196 e. The van der Waals surface area contributed by atoms with Gasteiger partial charge in [-0.15, -0.1) is 0 Å². The molecule has 1 aliphatic heterocycles. The molecule has 0 amide bonds. The molecule has 0 radical (unpaired) electrons. The van der Waals surface area contributed by atoms with Gasteiger partial charge in [-0.2, -0.15) is 0 Å². The van der Waals surface area contributed by atoms with Gasteiger partial charge in [0, 0.05) is 22.6 Å². The molecule has 2 atom stereocenters. The highest BCUT2D eigenvalue weighted by Gasteiger charge is 2.41. The van der Waals surface area contributed by atoms with Gasteiger partial charge in [0.05, 0.1) is 25.4 Å². The number of methoxy groups -OCH3 is 1. The van der Waals surface area contributed by atoms with E-state index in [0.29, 0.717) is 34.6 Å². The summed E-state index contributed by atoms with van der Waals surface area (Å²) in [5, 5.41) is 0. The van der Waals surface area contributed by atoms with E-state index >= 15 is 0 Å². The fraction of sp³-hybridized carbons (Fsp3) is 0.375. The van der Waals surface area contributed by atoms with Crippen molar-refractivity contribution in [3.8, 4) is 5.75 Å². The number of fused-ring (bicyclic) bond motifs is 1. The van der Waals surface area contributed by atoms with Crippen LogP contribution in [-0.4, -0.2) is 31.4 Å². The number of hydrogen-bond acceptors (Lipinski definition) is 4. The highest BCUT2D eigenvalue weighted by atomic mass is 16.5. The molecule has 1 aromatic rings. The lowest BCUT2D eigenvalue weighted by Crippen LogP contribution is -2.37. The molecule has 2 aliphatic rings. The Labute approximate surface area is 117 Å². The summed E-state index contributed by atoms with van der Waals surface area (Å²) in [7, 11) is 1.50. The molecule has 4 heteroatoms. The highest BCUT2D eigenvalue weighted by Crippen LogP contribution is 2.39. The predicted octanol–water partition coefficient (Wildman–Crippen LogP) is 2.43. The van der Waals surface area contributed by atoms with Crippen molar-refractivity contribution < 1.29 is 19.1 Å². The quantitative estimate of drug-likeness (QED) is 0.788. The molecule has 20 heavy (non-hydrogen) atoms. The first-order valence-corrected chi connectivity index (χ1v) is 6.68. The summed E-state index contributed by atoms with van der Waals surface area (Å²) < 4.78 is 10.8. The van der Waals surface area contributed by atoms with Crippen LogP contribution in [0.25, 0.3) is 0 Å². The molecule has 0 spiro atoms. The van der Waals surface area contributed by atoms with Gasteiger partial charge in [-0.1, -0.05) is 19.1 Å². The van der Waals surface area contributed by atoms with Crippen molar-refractivity contribution in [2.75, 3.05) is 13.7 Å². The minimum absolute atomic E-state index is 0.0583. The summed E-state index contributed by atoms with van der Waals surface area (Å²) in [6, 6.07) is 5.13. The topological polar surface area (TPSA) is 52.6 Å². The van der Waals surface area contributed by atoms with E-state index in [0.717, 1.165) is 0 Å². The summed E-state index contributed by atoms with van der Waals surface area (Å²) in [5.74, 6) is 0.164. The summed E-state index contributed by atoms with van der Waals surface area (Å²) in [6.45, 7) is 4.20. The van der Waals surface area contributed by atoms with Crippen molar-refractivity contribution in [2.24, 2.45) is 5.92 Å². The van der Waals surface area contributed by atoms with Gasteiger partial charge in [-0.25, -0.2) is 0 Å². The van der Waals surface area contributed by atoms with E-state index in [2.05, 4.69) is 0 Å². The fourth-order valence-electron chi connectivity index (χ4n) is 3.00. The number of carbonyl (C=O) groups excluding carboxylic acids is 2. The van der Waals surface area contributed by atoms with Crippen molar-refractivity contribution in [3.63, 3.8) is 0 Å². The van der Waals surface area contributed by atoms with E-state index in [1.807, 2.05) is 13.8 Å². The molecule has 0 saturated heterocycles. The first-order valence-electron chi connectivity index (χ1n) is 6.68. The van der Waals surface area contributed by atoms with Crippen LogP contribution in [0.1, 0.15) is 34.6 Å². The Morgan fingerprint density at radius 2 is 1.90 bits per heavy atom. The third-order valence-electron chi connectivity index (χ3n) is 3.99. The lowest BCUT2D eigenvalue weighted by molar-refractivity contribution is 0.0487. The Balaban J connectivity index is 2.27. The van der Waals surface area contributed by atoms with Gasteiger partial charge in [0.1, 0.15) is 5.75 Å². The van der Waals surface area contributed by atoms with E-state index in [9.17, 15) is 9.59 Å². The monoisotopic (exact) mass is 272 g/mol. The molecule has 0 fully saturated rings. The zero-order chi connectivity index (χ0) is 14.4. The second-order valence-electron chi connectivity index (χ2n) is 5.25. The molecule has 0 saturated carbocycles. The molecule has 1 aromatic carbocycles. The molecule has 1 heterocycles. The average Bonchev–Trinajstić information content (AvgIpc) is 2.46. The molecule has 0 aromatic heterocycles. The Morgan fingerprint density at radius 3 is 2.60 bits per heavy atom. The van der Waals surface area contributed by atoms with Crippen LogP contribution in [0.2, 0.25) is 0 Å². The van der Waals surface area contributed by atoms with Crippen LogP contribution in [0, 0.1) is 5.92 Å². The molecule has 0 bridgehead atoms. The van der Waals surface area contributed by atoms with Crippen molar-refractivity contribution in [1.82, 2.24) is 0 Å². The third kappa shape index (κ3) is 1.64. The van der Waals surface area contributed by atoms with Crippen molar-refractivity contribution in [1.29, 1.82) is 0 Å². The van der Waals surface area contributed by atoms with Crippen LogP contribution in [0.3, 0.4) is 0 Å². The molecule has 1 aliphatic carbocycles. The zero-order valence-corrected chi connectivity index (χ0v) is 11.7. The van der Waals surface area contributed by atoms with Crippen LogP contribution in [0.15, 0.2) is 29.3 Å². The molecule has 104 valence electrons. The van der Waals surface area contributed by atoms with Gasteiger partial charge < -0.3 is 9.47 Å². The molecule has 0 unspecified atom stereocenters. The summed E-state index contributed by atoms with van der Waals surface area (Å²) in [5.41, 5.74) is 1.90. The standard InChI is InChI=1S/C16H16O4/c1-8-7-20-9(2)13-12(8)15(17)10-5-4-6-11(19-3)14(10)16(13)18/h4-6,8-9H,7H2,1-3H3/t8-,9-/m1/s1. The minimum atomic E-state index is -0.351. The van der Waals surface area contributed by atoms with Crippen molar-refractivity contribution in [3.05, 3.63) is 40.5 Å². The number of ketones is 2. The second-order valence-corrected chi connectivity index (χ2v) is 5.25. The Hall–Kier alpha value is -1.94. The van der Waals surface area contributed by atoms with Crippen LogP contribution in [0.4, 0.5) is 0 Å². The molecular formula is C16H16O4. The minimum Gasteiger partial charge on any atom is -0.496 e. The van der Waals surface area contributed by atoms with Gasteiger partial charge in [-0.3, -0.25) is 9.59 Å². The molecular weight excluding hydrogens is 256 g/mol. The van der Waals surface area contributed by atoms with E-state index in [4.69, 9.17) is 9.47 Å². The third-order valence-corrected chi connectivity index (χ3v) is 3.99. The number of hydrogen-bond donors (Lipinski definition) is 0. The zero-order valence-electron chi connectivity index (χ0n) is 11.7. The van der Waals surface area contributed by atoms with Crippen LogP contribution in [0.5, 0.6) is 5.75 Å². The second kappa shape index (κ2) is 4.56. The SMILES string of the molecule is COc1cccc2c1C(=O)C1=C(C2=O)[C@H](C)CO[C@@H]1C. The van der Waals surface area contributed by atoms with Crippen LogP contribution in [-0.2, 0) is 4.74 Å². The number of ether oxygens (including phenoxy) is 2. The largest absolute Gasteiger partial charge is 0.496 e. The first-order chi connectivity index (χ1) is 9.56. The Bertz CT molecular complexity index is 642. The highest BCUT2D eigenvalue weighted by molar-refractivity contribution is 6.28. The van der Waals surface area contributed by atoms with Gasteiger partial charge >= 0.3 is 0 Å². The first kappa shape index (κ1) is 13.1. The summed E-state index contributed by atoms with van der Waals surface area (Å²) in [4.78, 5) is 25.5. The lowest BCUT2D eigenvalue weighted by Gasteiger charge is -2.33. The number of rotatable bonds is 1. The number of carbonyl (C=O) groups is 2. The van der Waals surface area contributed by atoms with Crippen LogP contribution < -0.4 is 4.74 Å². The van der Waals surface area contributed by atoms with Crippen LogP contribution >= 0.6 is 0 Å².